The highest BCUT2D eigenvalue weighted by molar-refractivity contribution is 6.33. The van der Waals surface area contributed by atoms with Gasteiger partial charge in [0.2, 0.25) is 0 Å². The number of halogens is 2. The average Bonchev–Trinajstić information content (AvgIpc) is 2.47. The van der Waals surface area contributed by atoms with Gasteiger partial charge in [0.15, 0.2) is 0 Å². The SMILES string of the molecule is CN(CCOc1cccc(F)c1)C(=O)c1ccncc1Cl. The van der Waals surface area contributed by atoms with Crippen molar-refractivity contribution in [2.45, 2.75) is 0 Å². The first kappa shape index (κ1) is 15.3. The van der Waals surface area contributed by atoms with E-state index in [1.54, 1.807) is 25.2 Å². The molecule has 110 valence electrons. The molecule has 1 aromatic carbocycles. The van der Waals surface area contributed by atoms with Crippen LogP contribution in [0.4, 0.5) is 4.39 Å². The van der Waals surface area contributed by atoms with Crippen molar-refractivity contribution in [3.63, 3.8) is 0 Å². The summed E-state index contributed by atoms with van der Waals surface area (Å²) in [6, 6.07) is 7.42. The van der Waals surface area contributed by atoms with E-state index in [1.807, 2.05) is 0 Å². The van der Waals surface area contributed by atoms with Crippen LogP contribution in [0.5, 0.6) is 5.75 Å². The van der Waals surface area contributed by atoms with Crippen LogP contribution >= 0.6 is 11.6 Å². The van der Waals surface area contributed by atoms with E-state index in [1.165, 1.54) is 29.4 Å². The highest BCUT2D eigenvalue weighted by atomic mass is 35.5. The molecule has 2 aromatic rings. The average molecular weight is 309 g/mol. The fourth-order valence-corrected chi connectivity index (χ4v) is 1.91. The van der Waals surface area contributed by atoms with Crippen molar-refractivity contribution in [1.29, 1.82) is 0 Å². The van der Waals surface area contributed by atoms with Gasteiger partial charge >= 0.3 is 0 Å². The standard InChI is InChI=1S/C15H14ClFN2O2/c1-19(15(20)13-5-6-18-10-14(13)16)7-8-21-12-4-2-3-11(17)9-12/h2-6,9-10H,7-8H2,1H3. The number of carbonyl (C=O) groups excluding carboxylic acids is 1. The third-order valence-electron chi connectivity index (χ3n) is 2.84. The van der Waals surface area contributed by atoms with Gasteiger partial charge in [-0.15, -0.1) is 0 Å². The highest BCUT2D eigenvalue weighted by Gasteiger charge is 2.14. The molecule has 2 rings (SSSR count). The Bertz CT molecular complexity index is 637. The molecular formula is C15H14ClFN2O2. The van der Waals surface area contributed by atoms with Crippen molar-refractivity contribution < 1.29 is 13.9 Å². The molecule has 0 aliphatic carbocycles. The van der Waals surface area contributed by atoms with Gasteiger partial charge in [0, 0.05) is 25.5 Å². The molecule has 0 spiro atoms. The van der Waals surface area contributed by atoms with Gasteiger partial charge in [0.05, 0.1) is 17.1 Å². The predicted molar refractivity (Wildman–Crippen MR) is 78.1 cm³/mol. The molecule has 0 atom stereocenters. The summed E-state index contributed by atoms with van der Waals surface area (Å²) in [7, 11) is 1.65. The van der Waals surface area contributed by atoms with Gasteiger partial charge in [-0.3, -0.25) is 9.78 Å². The van der Waals surface area contributed by atoms with E-state index in [9.17, 15) is 9.18 Å². The van der Waals surface area contributed by atoms with E-state index in [0.29, 0.717) is 22.9 Å². The minimum Gasteiger partial charge on any atom is -0.492 e. The topological polar surface area (TPSA) is 42.4 Å². The van der Waals surface area contributed by atoms with Gasteiger partial charge in [-0.05, 0) is 18.2 Å². The lowest BCUT2D eigenvalue weighted by Gasteiger charge is -2.18. The summed E-state index contributed by atoms with van der Waals surface area (Å²) >= 11 is 5.93. The maximum absolute atomic E-state index is 13.0. The Kier molecular flexibility index (Phi) is 5.11. The van der Waals surface area contributed by atoms with Gasteiger partial charge in [0.1, 0.15) is 18.2 Å². The van der Waals surface area contributed by atoms with Crippen LogP contribution in [0.15, 0.2) is 42.7 Å². The molecule has 1 heterocycles. The van der Waals surface area contributed by atoms with E-state index < -0.39 is 0 Å². The molecule has 4 nitrogen and oxygen atoms in total. The van der Waals surface area contributed by atoms with Crippen LogP contribution in [-0.4, -0.2) is 36.0 Å². The van der Waals surface area contributed by atoms with Crippen molar-refractivity contribution in [2.24, 2.45) is 0 Å². The second-order valence-electron chi connectivity index (χ2n) is 4.39. The lowest BCUT2D eigenvalue weighted by atomic mass is 10.2. The highest BCUT2D eigenvalue weighted by Crippen LogP contribution is 2.15. The maximum atomic E-state index is 13.0. The van der Waals surface area contributed by atoms with E-state index >= 15 is 0 Å². The van der Waals surface area contributed by atoms with Gasteiger partial charge in [-0.25, -0.2) is 4.39 Å². The number of pyridine rings is 1. The predicted octanol–water partition coefficient (Wildman–Crippen LogP) is 3.03. The molecular weight excluding hydrogens is 295 g/mol. The number of rotatable bonds is 5. The third-order valence-corrected chi connectivity index (χ3v) is 3.14. The number of likely N-dealkylation sites (N-methyl/N-ethyl adjacent to an activating group) is 1. The number of aromatic nitrogens is 1. The van der Waals surface area contributed by atoms with E-state index in [0.717, 1.165) is 0 Å². The fourth-order valence-electron chi connectivity index (χ4n) is 1.71. The van der Waals surface area contributed by atoms with Gasteiger partial charge < -0.3 is 9.64 Å². The molecule has 1 aromatic heterocycles. The van der Waals surface area contributed by atoms with Gasteiger partial charge in [-0.1, -0.05) is 17.7 Å². The summed E-state index contributed by atoms with van der Waals surface area (Å²) in [6.07, 6.45) is 2.93. The van der Waals surface area contributed by atoms with Gasteiger partial charge in [0.25, 0.3) is 5.91 Å². The normalized spacial score (nSPS) is 10.2. The summed E-state index contributed by atoms with van der Waals surface area (Å²) in [4.78, 5) is 17.5. The smallest absolute Gasteiger partial charge is 0.255 e. The molecule has 0 unspecified atom stereocenters. The summed E-state index contributed by atoms with van der Waals surface area (Å²) in [6.45, 7) is 0.613. The summed E-state index contributed by atoms with van der Waals surface area (Å²) in [5.41, 5.74) is 0.389. The lowest BCUT2D eigenvalue weighted by molar-refractivity contribution is 0.0773. The first-order chi connectivity index (χ1) is 10.1. The van der Waals surface area contributed by atoms with Crippen LogP contribution in [0.2, 0.25) is 5.02 Å². The Labute approximate surface area is 127 Å². The molecule has 0 saturated heterocycles. The maximum Gasteiger partial charge on any atom is 0.255 e. The van der Waals surface area contributed by atoms with Crippen molar-refractivity contribution in [3.8, 4) is 5.75 Å². The summed E-state index contributed by atoms with van der Waals surface area (Å²) < 4.78 is 18.4. The Morgan fingerprint density at radius 2 is 2.24 bits per heavy atom. The van der Waals surface area contributed by atoms with E-state index in [4.69, 9.17) is 16.3 Å². The molecule has 1 amide bonds. The summed E-state index contributed by atoms with van der Waals surface area (Å²) in [5.74, 6) is -0.150. The van der Waals surface area contributed by atoms with Crippen LogP contribution in [0.1, 0.15) is 10.4 Å². The largest absolute Gasteiger partial charge is 0.492 e. The number of ether oxygens (including phenoxy) is 1. The first-order valence-electron chi connectivity index (χ1n) is 6.31. The van der Waals surface area contributed by atoms with E-state index in [-0.39, 0.29) is 18.3 Å². The monoisotopic (exact) mass is 308 g/mol. The third kappa shape index (κ3) is 4.16. The Balaban J connectivity index is 1.89. The first-order valence-corrected chi connectivity index (χ1v) is 6.69. The number of nitrogens with zero attached hydrogens (tertiary/aromatic N) is 2. The minimum absolute atomic E-state index is 0.217. The van der Waals surface area contributed by atoms with Crippen LogP contribution in [0, 0.1) is 5.82 Å². The molecule has 0 saturated carbocycles. The van der Waals surface area contributed by atoms with E-state index in [2.05, 4.69) is 4.98 Å². The second kappa shape index (κ2) is 7.04. The molecule has 0 aliphatic rings. The molecule has 0 bridgehead atoms. The van der Waals surface area contributed by atoms with Gasteiger partial charge in [-0.2, -0.15) is 0 Å². The quantitative estimate of drug-likeness (QED) is 0.852. The lowest BCUT2D eigenvalue weighted by Crippen LogP contribution is -2.31. The second-order valence-corrected chi connectivity index (χ2v) is 4.80. The Morgan fingerprint density at radius 1 is 1.43 bits per heavy atom. The van der Waals surface area contributed by atoms with Crippen molar-refractivity contribution in [2.75, 3.05) is 20.2 Å². The molecule has 0 N–H and O–H groups in total. The molecule has 21 heavy (non-hydrogen) atoms. The molecule has 0 fully saturated rings. The zero-order chi connectivity index (χ0) is 15.2. The molecule has 0 aliphatic heterocycles. The molecule has 6 heteroatoms. The molecule has 0 radical (unpaired) electrons. The summed E-state index contributed by atoms with van der Waals surface area (Å²) in [5, 5.41) is 0.306. The van der Waals surface area contributed by atoms with Crippen LogP contribution < -0.4 is 4.74 Å². The number of benzene rings is 1. The van der Waals surface area contributed by atoms with Crippen molar-refractivity contribution >= 4 is 17.5 Å². The minimum atomic E-state index is -0.361. The van der Waals surface area contributed by atoms with Crippen LogP contribution in [0.3, 0.4) is 0 Å². The van der Waals surface area contributed by atoms with Crippen LogP contribution in [0.25, 0.3) is 0 Å². The van der Waals surface area contributed by atoms with Crippen molar-refractivity contribution in [1.82, 2.24) is 9.88 Å². The van der Waals surface area contributed by atoms with Crippen molar-refractivity contribution in [3.05, 3.63) is 59.1 Å². The van der Waals surface area contributed by atoms with Crippen LogP contribution in [-0.2, 0) is 0 Å². The zero-order valence-electron chi connectivity index (χ0n) is 11.4. The number of amides is 1. The number of hydrogen-bond acceptors (Lipinski definition) is 3. The Hall–Kier alpha value is -2.14. The number of hydrogen-bond donors (Lipinski definition) is 0. The number of carbonyl (C=O) groups is 1. The zero-order valence-corrected chi connectivity index (χ0v) is 12.2. The Morgan fingerprint density at radius 3 is 2.95 bits per heavy atom. The fraction of sp³-hybridized carbons (Fsp3) is 0.200.